The fourth-order valence-electron chi connectivity index (χ4n) is 2.11. The van der Waals surface area contributed by atoms with Crippen molar-refractivity contribution in [3.05, 3.63) is 18.3 Å². The second-order valence-electron chi connectivity index (χ2n) is 4.26. The van der Waals surface area contributed by atoms with E-state index in [4.69, 9.17) is 0 Å². The number of halogens is 1. The zero-order valence-electron chi connectivity index (χ0n) is 9.30. The molecule has 5 heteroatoms. The summed E-state index contributed by atoms with van der Waals surface area (Å²) in [6, 6.07) is 1.35. The summed E-state index contributed by atoms with van der Waals surface area (Å²) in [4.78, 5) is 9.51. The average molecular weight is 225 g/mol. The molecule has 1 N–H and O–H groups in total. The van der Waals surface area contributed by atoms with Crippen LogP contribution >= 0.6 is 0 Å². The normalized spacial score (nSPS) is 19.8. The van der Waals surface area contributed by atoms with Gasteiger partial charge in [0.1, 0.15) is 12.1 Å². The second-order valence-corrected chi connectivity index (χ2v) is 4.26. The van der Waals surface area contributed by atoms with Gasteiger partial charge in [-0.3, -0.25) is 0 Å². The van der Waals surface area contributed by atoms with Gasteiger partial charge in [0.15, 0.2) is 0 Å². The minimum atomic E-state index is -0.498. The molecule has 2 rings (SSSR count). The maximum absolute atomic E-state index is 12.9. The van der Waals surface area contributed by atoms with E-state index in [2.05, 4.69) is 9.97 Å². The molecular weight excluding hydrogens is 209 g/mol. The molecule has 1 fully saturated rings. The van der Waals surface area contributed by atoms with Crippen molar-refractivity contribution in [2.45, 2.75) is 25.9 Å². The smallest absolute Gasteiger partial charge is 0.218 e. The Balaban J connectivity index is 1.99. The molecule has 0 aromatic carbocycles. The van der Waals surface area contributed by atoms with Gasteiger partial charge in [0, 0.05) is 19.2 Å². The second kappa shape index (κ2) is 4.74. The highest BCUT2D eigenvalue weighted by Crippen LogP contribution is 2.23. The molecule has 0 spiro atoms. The lowest BCUT2D eigenvalue weighted by Gasteiger charge is -2.33. The van der Waals surface area contributed by atoms with Gasteiger partial charge in [0.25, 0.3) is 0 Å². The number of aromatic nitrogens is 2. The minimum absolute atomic E-state index is 0.260. The van der Waals surface area contributed by atoms with Crippen molar-refractivity contribution in [1.29, 1.82) is 0 Å². The summed E-state index contributed by atoms with van der Waals surface area (Å²) < 4.78 is 12.9. The van der Waals surface area contributed by atoms with E-state index in [1.807, 2.05) is 11.8 Å². The monoisotopic (exact) mass is 225 g/mol. The number of aliphatic hydroxyl groups excluding tert-OH is 1. The Labute approximate surface area is 94.1 Å². The van der Waals surface area contributed by atoms with Crippen molar-refractivity contribution >= 4 is 5.82 Å². The van der Waals surface area contributed by atoms with E-state index < -0.39 is 5.95 Å². The van der Waals surface area contributed by atoms with Gasteiger partial charge in [0.2, 0.25) is 5.95 Å². The third-order valence-electron chi connectivity index (χ3n) is 3.17. The number of hydrogen-bond acceptors (Lipinski definition) is 4. The Morgan fingerprint density at radius 1 is 1.44 bits per heavy atom. The molecule has 2 heterocycles. The first-order valence-electron chi connectivity index (χ1n) is 5.57. The fraction of sp³-hybridized carbons (Fsp3) is 0.636. The Kier molecular flexibility index (Phi) is 3.33. The van der Waals surface area contributed by atoms with Crippen LogP contribution in [0, 0.1) is 11.9 Å². The van der Waals surface area contributed by atoms with E-state index in [0.717, 1.165) is 25.9 Å². The first-order valence-corrected chi connectivity index (χ1v) is 5.57. The SMILES string of the molecule is CC(O)C1CCN(c2cc(F)ncn2)CC1. The van der Waals surface area contributed by atoms with Gasteiger partial charge < -0.3 is 10.0 Å². The molecule has 0 aliphatic carbocycles. The van der Waals surface area contributed by atoms with E-state index in [1.165, 1.54) is 12.4 Å². The van der Waals surface area contributed by atoms with Gasteiger partial charge >= 0.3 is 0 Å². The van der Waals surface area contributed by atoms with Crippen LogP contribution in [0.15, 0.2) is 12.4 Å². The quantitative estimate of drug-likeness (QED) is 0.769. The summed E-state index contributed by atoms with van der Waals surface area (Å²) in [7, 11) is 0. The lowest BCUT2D eigenvalue weighted by Crippen LogP contribution is -2.37. The lowest BCUT2D eigenvalue weighted by atomic mass is 9.92. The average Bonchev–Trinajstić information content (AvgIpc) is 2.29. The van der Waals surface area contributed by atoms with Crippen molar-refractivity contribution in [3.63, 3.8) is 0 Å². The molecular formula is C11H16FN3O. The molecule has 1 unspecified atom stereocenters. The predicted octanol–water partition coefficient (Wildman–Crippen LogP) is 1.21. The molecule has 1 aliphatic heterocycles. The van der Waals surface area contributed by atoms with E-state index in [-0.39, 0.29) is 6.10 Å². The van der Waals surface area contributed by atoms with Crippen LogP contribution in [0.4, 0.5) is 10.2 Å². The molecule has 0 saturated carbocycles. The molecule has 4 nitrogen and oxygen atoms in total. The van der Waals surface area contributed by atoms with Gasteiger partial charge in [-0.15, -0.1) is 0 Å². The van der Waals surface area contributed by atoms with Crippen molar-refractivity contribution in [3.8, 4) is 0 Å². The molecule has 1 atom stereocenters. The van der Waals surface area contributed by atoms with Gasteiger partial charge in [-0.25, -0.2) is 9.97 Å². The summed E-state index contributed by atoms with van der Waals surface area (Å²) in [6.45, 7) is 3.45. The highest BCUT2D eigenvalue weighted by atomic mass is 19.1. The van der Waals surface area contributed by atoms with Gasteiger partial charge in [0.05, 0.1) is 6.10 Å². The number of aliphatic hydroxyl groups is 1. The summed E-state index contributed by atoms with van der Waals surface area (Å²) in [5.41, 5.74) is 0. The van der Waals surface area contributed by atoms with Crippen LogP contribution in [0.3, 0.4) is 0 Å². The Bertz CT molecular complexity index is 351. The zero-order valence-corrected chi connectivity index (χ0v) is 9.30. The molecule has 88 valence electrons. The first-order chi connectivity index (χ1) is 7.66. The molecule has 1 aromatic rings. The molecule has 1 aromatic heterocycles. The van der Waals surface area contributed by atoms with E-state index in [9.17, 15) is 9.50 Å². The lowest BCUT2D eigenvalue weighted by molar-refractivity contribution is 0.109. The van der Waals surface area contributed by atoms with Crippen molar-refractivity contribution in [2.24, 2.45) is 5.92 Å². The molecule has 1 saturated heterocycles. The summed E-state index contributed by atoms with van der Waals surface area (Å²) >= 11 is 0. The number of anilines is 1. The van der Waals surface area contributed by atoms with Crippen molar-refractivity contribution < 1.29 is 9.50 Å². The Morgan fingerprint density at radius 3 is 2.69 bits per heavy atom. The third kappa shape index (κ3) is 2.47. The van der Waals surface area contributed by atoms with Crippen molar-refractivity contribution in [1.82, 2.24) is 9.97 Å². The van der Waals surface area contributed by atoms with E-state index in [1.54, 1.807) is 0 Å². The molecule has 0 bridgehead atoms. The van der Waals surface area contributed by atoms with Gasteiger partial charge in [-0.1, -0.05) is 0 Å². The Morgan fingerprint density at radius 2 is 2.12 bits per heavy atom. The van der Waals surface area contributed by atoms with Crippen LogP contribution in [0.1, 0.15) is 19.8 Å². The minimum Gasteiger partial charge on any atom is -0.393 e. The number of nitrogens with zero attached hydrogens (tertiary/aromatic N) is 3. The molecule has 1 aliphatic rings. The summed E-state index contributed by atoms with van der Waals surface area (Å²) in [5, 5.41) is 9.47. The zero-order chi connectivity index (χ0) is 11.5. The maximum atomic E-state index is 12.9. The van der Waals surface area contributed by atoms with Crippen LogP contribution in [-0.4, -0.2) is 34.3 Å². The van der Waals surface area contributed by atoms with Crippen LogP contribution in [0.25, 0.3) is 0 Å². The number of piperidine rings is 1. The van der Waals surface area contributed by atoms with E-state index in [0.29, 0.717) is 11.7 Å². The molecule has 0 amide bonds. The highest BCUT2D eigenvalue weighted by molar-refractivity contribution is 5.37. The van der Waals surface area contributed by atoms with Crippen LogP contribution < -0.4 is 4.90 Å². The van der Waals surface area contributed by atoms with E-state index >= 15 is 0 Å². The van der Waals surface area contributed by atoms with Crippen LogP contribution in [-0.2, 0) is 0 Å². The number of rotatable bonds is 2. The Hall–Kier alpha value is -1.23. The standard InChI is InChI=1S/C11H16FN3O/c1-8(16)9-2-4-15(5-3-9)11-6-10(12)13-7-14-11/h6-9,16H,2-5H2,1H3. The first kappa shape index (κ1) is 11.3. The summed E-state index contributed by atoms with van der Waals surface area (Å²) in [6.07, 6.45) is 2.82. The van der Waals surface area contributed by atoms with Gasteiger partial charge in [-0.05, 0) is 25.7 Å². The third-order valence-corrected chi connectivity index (χ3v) is 3.17. The topological polar surface area (TPSA) is 49.2 Å². The summed E-state index contributed by atoms with van der Waals surface area (Å²) in [5.74, 6) is 0.488. The molecule has 0 radical (unpaired) electrons. The maximum Gasteiger partial charge on any atom is 0.218 e. The fourth-order valence-corrected chi connectivity index (χ4v) is 2.11. The van der Waals surface area contributed by atoms with Crippen LogP contribution in [0.5, 0.6) is 0 Å². The van der Waals surface area contributed by atoms with Gasteiger partial charge in [-0.2, -0.15) is 4.39 Å². The highest BCUT2D eigenvalue weighted by Gasteiger charge is 2.23. The predicted molar refractivity (Wildman–Crippen MR) is 58.6 cm³/mol. The number of hydrogen-bond donors (Lipinski definition) is 1. The molecule has 16 heavy (non-hydrogen) atoms. The van der Waals surface area contributed by atoms with Crippen molar-refractivity contribution in [2.75, 3.05) is 18.0 Å². The largest absolute Gasteiger partial charge is 0.393 e. The van der Waals surface area contributed by atoms with Crippen LogP contribution in [0.2, 0.25) is 0 Å².